The van der Waals surface area contributed by atoms with Crippen LogP contribution >= 0.6 is 11.6 Å². The maximum absolute atomic E-state index is 11.2. The van der Waals surface area contributed by atoms with Crippen molar-refractivity contribution in [2.24, 2.45) is 0 Å². The van der Waals surface area contributed by atoms with Crippen LogP contribution in [0.5, 0.6) is 0 Å². The van der Waals surface area contributed by atoms with Gasteiger partial charge in [-0.3, -0.25) is 14.9 Å². The molecule has 0 radical (unpaired) electrons. The molecule has 0 spiro atoms. The fourth-order valence-electron chi connectivity index (χ4n) is 1.86. The molecule has 0 aliphatic rings. The van der Waals surface area contributed by atoms with Crippen LogP contribution in [0.3, 0.4) is 0 Å². The molecule has 0 unspecified atom stereocenters. The van der Waals surface area contributed by atoms with Gasteiger partial charge in [0.15, 0.2) is 0 Å². The highest BCUT2D eigenvalue weighted by molar-refractivity contribution is 6.68. The van der Waals surface area contributed by atoms with E-state index in [1.165, 1.54) is 6.07 Å². The summed E-state index contributed by atoms with van der Waals surface area (Å²) in [6, 6.07) is 2.94. The van der Waals surface area contributed by atoms with Gasteiger partial charge in [-0.1, -0.05) is 19.1 Å². The predicted octanol–water partition coefficient (Wildman–Crippen LogP) is 4.18. The Morgan fingerprint density at radius 3 is 2.63 bits per heavy atom. The van der Waals surface area contributed by atoms with Gasteiger partial charge in [0.25, 0.3) is 10.9 Å². The number of nitro benzene ring substituents is 1. The Balaban J connectivity index is 3.09. The number of rotatable bonds is 6. The molecule has 0 N–H and O–H groups in total. The van der Waals surface area contributed by atoms with E-state index in [-0.39, 0.29) is 11.3 Å². The van der Waals surface area contributed by atoms with Crippen LogP contribution in [0.25, 0.3) is 0 Å². The summed E-state index contributed by atoms with van der Waals surface area (Å²) in [6.07, 6.45) is 6.28. The molecule has 0 fully saturated rings. The van der Waals surface area contributed by atoms with E-state index in [1.54, 1.807) is 13.0 Å². The van der Waals surface area contributed by atoms with Crippen molar-refractivity contribution in [3.63, 3.8) is 0 Å². The van der Waals surface area contributed by atoms with Gasteiger partial charge in [-0.25, -0.2) is 0 Å². The average molecular weight is 282 g/mol. The third kappa shape index (κ3) is 4.17. The molecular formula is C14H16ClNO3. The van der Waals surface area contributed by atoms with Gasteiger partial charge in [0.05, 0.1) is 4.92 Å². The number of hydrogen-bond donors (Lipinski definition) is 0. The average Bonchev–Trinajstić information content (AvgIpc) is 2.33. The number of halogens is 1. The minimum Gasteiger partial charge on any atom is -0.276 e. The Hall–Kier alpha value is -1.68. The Kier molecular flexibility index (Phi) is 5.70. The molecule has 4 nitrogen and oxygen atoms in total. The second-order valence-corrected chi connectivity index (χ2v) is 4.59. The summed E-state index contributed by atoms with van der Waals surface area (Å²) in [5, 5.41) is 10.4. The van der Waals surface area contributed by atoms with Crippen molar-refractivity contribution in [3.8, 4) is 0 Å². The van der Waals surface area contributed by atoms with Crippen molar-refractivity contribution in [3.05, 3.63) is 51.1 Å². The Morgan fingerprint density at radius 1 is 1.42 bits per heavy atom. The number of nitro groups is 1. The van der Waals surface area contributed by atoms with Gasteiger partial charge in [-0.2, -0.15) is 0 Å². The number of aryl methyl sites for hydroxylation is 2. The van der Waals surface area contributed by atoms with Crippen LogP contribution in [-0.4, -0.2) is 10.2 Å². The SMILES string of the molecule is CC/C=C/CCc1cc(C)c(C(=O)Cl)cc1[N+](=O)[O-]. The van der Waals surface area contributed by atoms with Crippen LogP contribution in [0, 0.1) is 17.0 Å². The fourth-order valence-corrected chi connectivity index (χ4v) is 2.07. The zero-order valence-corrected chi connectivity index (χ0v) is 11.7. The molecule has 0 aromatic heterocycles. The number of carbonyl (C=O) groups excluding carboxylic acids is 1. The number of nitrogens with zero attached hydrogens (tertiary/aromatic N) is 1. The molecule has 102 valence electrons. The van der Waals surface area contributed by atoms with Crippen molar-refractivity contribution in [2.45, 2.75) is 33.1 Å². The highest BCUT2D eigenvalue weighted by Gasteiger charge is 2.18. The van der Waals surface area contributed by atoms with Gasteiger partial charge >= 0.3 is 0 Å². The first-order valence-corrected chi connectivity index (χ1v) is 6.48. The van der Waals surface area contributed by atoms with Crippen molar-refractivity contribution >= 4 is 22.5 Å². The summed E-state index contributed by atoms with van der Waals surface area (Å²) in [6.45, 7) is 3.76. The predicted molar refractivity (Wildman–Crippen MR) is 75.8 cm³/mol. The van der Waals surface area contributed by atoms with E-state index in [0.717, 1.165) is 12.8 Å². The summed E-state index contributed by atoms with van der Waals surface area (Å²) in [5.74, 6) is 0. The number of carbonyl (C=O) groups is 1. The van der Waals surface area contributed by atoms with E-state index in [0.29, 0.717) is 17.5 Å². The Morgan fingerprint density at radius 2 is 2.11 bits per heavy atom. The molecule has 0 saturated carbocycles. The van der Waals surface area contributed by atoms with Gasteiger partial charge in [-0.05, 0) is 49.4 Å². The van der Waals surface area contributed by atoms with E-state index >= 15 is 0 Å². The highest BCUT2D eigenvalue weighted by atomic mass is 35.5. The molecule has 0 amide bonds. The van der Waals surface area contributed by atoms with Crippen molar-refractivity contribution in [1.82, 2.24) is 0 Å². The molecule has 0 aliphatic heterocycles. The van der Waals surface area contributed by atoms with Crippen LogP contribution in [-0.2, 0) is 6.42 Å². The Labute approximate surface area is 117 Å². The Bertz CT molecular complexity index is 524. The molecular weight excluding hydrogens is 266 g/mol. The zero-order valence-electron chi connectivity index (χ0n) is 11.0. The normalized spacial score (nSPS) is 10.9. The zero-order chi connectivity index (χ0) is 14.4. The van der Waals surface area contributed by atoms with Gasteiger partial charge in [0, 0.05) is 17.2 Å². The fraction of sp³-hybridized carbons (Fsp3) is 0.357. The lowest BCUT2D eigenvalue weighted by Gasteiger charge is -2.06. The number of benzene rings is 1. The number of allylic oxidation sites excluding steroid dienone is 2. The van der Waals surface area contributed by atoms with Crippen molar-refractivity contribution < 1.29 is 9.72 Å². The van der Waals surface area contributed by atoms with Crippen molar-refractivity contribution in [2.75, 3.05) is 0 Å². The molecule has 0 heterocycles. The van der Waals surface area contributed by atoms with Crippen LogP contribution in [0.2, 0.25) is 0 Å². The van der Waals surface area contributed by atoms with Gasteiger partial charge in [-0.15, -0.1) is 0 Å². The van der Waals surface area contributed by atoms with E-state index in [9.17, 15) is 14.9 Å². The summed E-state index contributed by atoms with van der Waals surface area (Å²) in [7, 11) is 0. The first-order chi connectivity index (χ1) is 8.97. The van der Waals surface area contributed by atoms with Crippen LogP contribution < -0.4 is 0 Å². The molecule has 1 aromatic rings. The molecule has 19 heavy (non-hydrogen) atoms. The van der Waals surface area contributed by atoms with E-state index in [4.69, 9.17) is 11.6 Å². The minimum absolute atomic E-state index is 0.0421. The van der Waals surface area contributed by atoms with Crippen LogP contribution in [0.4, 0.5) is 5.69 Å². The van der Waals surface area contributed by atoms with Crippen LogP contribution in [0.15, 0.2) is 24.3 Å². The van der Waals surface area contributed by atoms with E-state index in [1.807, 2.05) is 19.1 Å². The molecule has 1 rings (SSSR count). The lowest BCUT2D eigenvalue weighted by molar-refractivity contribution is -0.385. The second kappa shape index (κ2) is 7.04. The van der Waals surface area contributed by atoms with E-state index in [2.05, 4.69) is 0 Å². The van der Waals surface area contributed by atoms with Crippen molar-refractivity contribution in [1.29, 1.82) is 0 Å². The standard InChI is InChI=1S/C14H16ClNO3/c1-3-4-5-6-7-11-8-10(2)12(14(15)17)9-13(11)16(18)19/h4-5,8-9H,3,6-7H2,1-2H3/b5-4+. The summed E-state index contributed by atoms with van der Waals surface area (Å²) in [4.78, 5) is 21.7. The lowest BCUT2D eigenvalue weighted by Crippen LogP contribution is -2.01. The smallest absolute Gasteiger partial charge is 0.273 e. The molecule has 0 atom stereocenters. The first kappa shape index (κ1) is 15.4. The third-order valence-corrected chi connectivity index (χ3v) is 3.02. The first-order valence-electron chi connectivity index (χ1n) is 6.10. The quantitative estimate of drug-likeness (QED) is 0.340. The summed E-state index contributed by atoms with van der Waals surface area (Å²) >= 11 is 5.41. The summed E-state index contributed by atoms with van der Waals surface area (Å²) in [5.41, 5.74) is 1.45. The number of hydrogen-bond acceptors (Lipinski definition) is 3. The van der Waals surface area contributed by atoms with Gasteiger partial charge in [0.2, 0.25) is 0 Å². The third-order valence-electron chi connectivity index (χ3n) is 2.82. The second-order valence-electron chi connectivity index (χ2n) is 4.24. The van der Waals surface area contributed by atoms with Gasteiger partial charge < -0.3 is 0 Å². The monoisotopic (exact) mass is 281 g/mol. The topological polar surface area (TPSA) is 60.2 Å². The van der Waals surface area contributed by atoms with E-state index < -0.39 is 10.2 Å². The maximum Gasteiger partial charge on any atom is 0.273 e. The molecule has 0 aliphatic carbocycles. The van der Waals surface area contributed by atoms with Gasteiger partial charge in [0.1, 0.15) is 0 Å². The lowest BCUT2D eigenvalue weighted by atomic mass is 10.0. The van der Waals surface area contributed by atoms with Crippen LogP contribution in [0.1, 0.15) is 41.3 Å². The molecule has 1 aromatic carbocycles. The molecule has 5 heteroatoms. The highest BCUT2D eigenvalue weighted by Crippen LogP contribution is 2.25. The summed E-state index contributed by atoms with van der Waals surface area (Å²) < 4.78 is 0. The largest absolute Gasteiger partial charge is 0.276 e. The molecule has 0 saturated heterocycles. The molecule has 0 bridgehead atoms. The minimum atomic E-state index is -0.668. The maximum atomic E-state index is 11.2.